The highest BCUT2D eigenvalue weighted by Gasteiger charge is 2.49. The molecule has 2 aliphatic heterocycles. The first-order chi connectivity index (χ1) is 18.6. The molecule has 1 N–H and O–H groups in total. The molecule has 1 saturated carbocycles. The van der Waals surface area contributed by atoms with E-state index in [1.807, 2.05) is 54.3 Å². The average Bonchev–Trinajstić information content (AvgIpc) is 3.62. The number of nitrogens with one attached hydrogen (secondary N) is 1. The molecule has 1 aliphatic carbocycles. The molecule has 3 aliphatic rings. The number of amides is 1. The van der Waals surface area contributed by atoms with Crippen molar-refractivity contribution in [1.29, 1.82) is 0 Å². The van der Waals surface area contributed by atoms with Crippen molar-refractivity contribution in [3.63, 3.8) is 0 Å². The van der Waals surface area contributed by atoms with Gasteiger partial charge >= 0.3 is 0 Å². The van der Waals surface area contributed by atoms with Crippen LogP contribution >= 0.6 is 0 Å². The summed E-state index contributed by atoms with van der Waals surface area (Å²) in [6.45, 7) is 2.61. The minimum Gasteiger partial charge on any atom is -0.338 e. The maximum Gasteiger partial charge on any atom is 0.267 e. The van der Waals surface area contributed by atoms with E-state index in [-0.39, 0.29) is 18.0 Å². The van der Waals surface area contributed by atoms with E-state index in [0.717, 1.165) is 53.5 Å². The van der Waals surface area contributed by atoms with Gasteiger partial charge in [0, 0.05) is 24.5 Å². The van der Waals surface area contributed by atoms with Crippen LogP contribution in [0.15, 0.2) is 77.9 Å². The number of carbonyl (C=O) groups is 1. The van der Waals surface area contributed by atoms with Crippen molar-refractivity contribution in [1.82, 2.24) is 19.7 Å². The summed E-state index contributed by atoms with van der Waals surface area (Å²) >= 11 is 0. The Kier molecular flexibility index (Phi) is 5.28. The first-order valence-electron chi connectivity index (χ1n) is 13.2. The number of nitrogens with zero attached hydrogens (tertiary/aromatic N) is 6. The summed E-state index contributed by atoms with van der Waals surface area (Å²) in [5.74, 6) is 2.07. The van der Waals surface area contributed by atoms with Gasteiger partial charge in [0.25, 0.3) is 5.91 Å². The van der Waals surface area contributed by atoms with Gasteiger partial charge in [-0.05, 0) is 61.6 Å². The van der Waals surface area contributed by atoms with Crippen LogP contribution in [0.4, 0.5) is 17.3 Å². The number of guanidine groups is 1. The number of hydrogen-bond acceptors (Lipinski definition) is 6. The van der Waals surface area contributed by atoms with Crippen LogP contribution in [0.1, 0.15) is 40.7 Å². The van der Waals surface area contributed by atoms with E-state index in [0.29, 0.717) is 17.9 Å². The van der Waals surface area contributed by atoms with E-state index in [1.165, 1.54) is 5.56 Å². The fourth-order valence-electron chi connectivity index (χ4n) is 5.89. The van der Waals surface area contributed by atoms with Crippen LogP contribution < -0.4 is 10.2 Å². The number of aryl methyl sites for hydroxylation is 1. The number of pyridine rings is 1. The van der Waals surface area contributed by atoms with E-state index in [2.05, 4.69) is 52.5 Å². The number of anilines is 3. The number of para-hydroxylation sites is 1. The van der Waals surface area contributed by atoms with E-state index in [9.17, 15) is 4.79 Å². The number of rotatable bonds is 5. The number of aromatic nitrogens is 3. The normalized spacial score (nSPS) is 19.7. The Bertz CT molecular complexity index is 1560. The van der Waals surface area contributed by atoms with Gasteiger partial charge in [0.1, 0.15) is 11.4 Å². The van der Waals surface area contributed by atoms with Crippen molar-refractivity contribution in [3.8, 4) is 11.3 Å². The van der Waals surface area contributed by atoms with Crippen molar-refractivity contribution >= 4 is 29.2 Å². The highest BCUT2D eigenvalue weighted by Crippen LogP contribution is 2.43. The molecule has 0 radical (unpaired) electrons. The number of fused-ring (bicyclic) bond motifs is 5. The topological polar surface area (TPSA) is 78.7 Å². The molecule has 0 saturated heterocycles. The van der Waals surface area contributed by atoms with Gasteiger partial charge in [-0.1, -0.05) is 42.5 Å². The van der Waals surface area contributed by atoms with Crippen LogP contribution in [-0.2, 0) is 6.54 Å². The van der Waals surface area contributed by atoms with Crippen LogP contribution in [0.25, 0.3) is 11.3 Å². The zero-order chi connectivity index (χ0) is 25.8. The van der Waals surface area contributed by atoms with Gasteiger partial charge in [-0.25, -0.2) is 9.67 Å². The third-order valence-corrected chi connectivity index (χ3v) is 7.78. The molecule has 190 valence electrons. The Morgan fingerprint density at radius 1 is 1.03 bits per heavy atom. The molecule has 8 heteroatoms. The second kappa shape index (κ2) is 8.83. The lowest BCUT2D eigenvalue weighted by Gasteiger charge is -2.35. The maximum absolute atomic E-state index is 13.7. The van der Waals surface area contributed by atoms with Crippen molar-refractivity contribution in [2.45, 2.75) is 44.8 Å². The Morgan fingerprint density at radius 3 is 2.63 bits per heavy atom. The van der Waals surface area contributed by atoms with Crippen LogP contribution in [0, 0.1) is 6.92 Å². The molecule has 8 nitrogen and oxygen atoms in total. The molecule has 1 fully saturated rings. The SMILES string of the molecule is Cc1ccnc(-c2ccc(Cn3nc(Nc4ccccc4)c4c3N3C(=N[C@@H]5CCC[C@@H]53)N(C)C4=O)cc2)c1. The zero-order valence-electron chi connectivity index (χ0n) is 21.5. The van der Waals surface area contributed by atoms with Gasteiger partial charge in [0.05, 0.1) is 24.3 Å². The molecule has 4 heterocycles. The highest BCUT2D eigenvalue weighted by molar-refractivity contribution is 6.21. The monoisotopic (exact) mass is 503 g/mol. The molecular weight excluding hydrogens is 474 g/mol. The Balaban J connectivity index is 1.30. The fraction of sp³-hybridized carbons (Fsp3) is 0.267. The fourth-order valence-corrected chi connectivity index (χ4v) is 5.89. The molecule has 2 atom stereocenters. The van der Waals surface area contributed by atoms with E-state index >= 15 is 0 Å². The maximum atomic E-state index is 13.7. The number of hydrogen-bond donors (Lipinski definition) is 1. The summed E-state index contributed by atoms with van der Waals surface area (Å²) < 4.78 is 1.97. The van der Waals surface area contributed by atoms with Gasteiger partial charge < -0.3 is 5.32 Å². The summed E-state index contributed by atoms with van der Waals surface area (Å²) in [6.07, 6.45) is 5.10. The molecule has 0 spiro atoms. The van der Waals surface area contributed by atoms with Gasteiger partial charge in [-0.2, -0.15) is 5.10 Å². The molecule has 38 heavy (non-hydrogen) atoms. The largest absolute Gasteiger partial charge is 0.338 e. The number of aliphatic imine (C=N–C) groups is 1. The summed E-state index contributed by atoms with van der Waals surface area (Å²) in [6, 6.07) is 22.9. The summed E-state index contributed by atoms with van der Waals surface area (Å²) in [5, 5.41) is 8.39. The molecular formula is C30H29N7O. The van der Waals surface area contributed by atoms with E-state index in [1.54, 1.807) is 4.90 Å². The smallest absolute Gasteiger partial charge is 0.267 e. The summed E-state index contributed by atoms with van der Waals surface area (Å²) in [4.78, 5) is 27.2. The third kappa shape index (κ3) is 3.67. The molecule has 4 aromatic rings. The lowest BCUT2D eigenvalue weighted by Crippen LogP contribution is -2.52. The lowest BCUT2D eigenvalue weighted by atomic mass is 10.1. The van der Waals surface area contributed by atoms with Crippen molar-refractivity contribution in [3.05, 3.63) is 89.6 Å². The zero-order valence-corrected chi connectivity index (χ0v) is 21.5. The second-order valence-electron chi connectivity index (χ2n) is 10.3. The van der Waals surface area contributed by atoms with Gasteiger partial charge in [0.15, 0.2) is 5.82 Å². The molecule has 2 aromatic carbocycles. The summed E-state index contributed by atoms with van der Waals surface area (Å²) in [5.41, 5.74) is 5.81. The first kappa shape index (κ1) is 22.7. The standard InChI is InChI=1S/C30H29N7O/c1-19-15-16-31-24(17-19)21-13-11-20(12-14-21)18-36-28-26(27(34-36)32-22-7-4-3-5-8-22)29(38)35(2)30-33-23-9-6-10-25(23)37(28)30/h3-5,7-8,11-17,23,25H,6,9-10,18H2,1-2H3,(H,32,34)/t23-,25+/m1/s1. The van der Waals surface area contributed by atoms with Crippen LogP contribution in [0.3, 0.4) is 0 Å². The minimum atomic E-state index is -0.0828. The highest BCUT2D eigenvalue weighted by atomic mass is 16.2. The van der Waals surface area contributed by atoms with Crippen molar-refractivity contribution in [2.24, 2.45) is 4.99 Å². The quantitative estimate of drug-likeness (QED) is 0.404. The van der Waals surface area contributed by atoms with Crippen LogP contribution in [0.5, 0.6) is 0 Å². The predicted molar refractivity (Wildman–Crippen MR) is 149 cm³/mol. The van der Waals surface area contributed by atoms with E-state index < -0.39 is 0 Å². The molecule has 2 aromatic heterocycles. The lowest BCUT2D eigenvalue weighted by molar-refractivity contribution is 0.0865. The average molecular weight is 504 g/mol. The Labute approximate surface area is 221 Å². The molecule has 0 bridgehead atoms. The summed E-state index contributed by atoms with van der Waals surface area (Å²) in [7, 11) is 1.82. The Morgan fingerprint density at radius 2 is 1.84 bits per heavy atom. The third-order valence-electron chi connectivity index (χ3n) is 7.78. The minimum absolute atomic E-state index is 0.0828. The number of benzene rings is 2. The Hall–Kier alpha value is -4.46. The van der Waals surface area contributed by atoms with Gasteiger partial charge in [-0.3, -0.25) is 19.6 Å². The van der Waals surface area contributed by atoms with Gasteiger partial charge in [-0.15, -0.1) is 0 Å². The molecule has 1 amide bonds. The molecule has 0 unspecified atom stereocenters. The van der Waals surface area contributed by atoms with Crippen LogP contribution in [0.2, 0.25) is 0 Å². The van der Waals surface area contributed by atoms with Crippen molar-refractivity contribution in [2.75, 3.05) is 17.3 Å². The number of carbonyl (C=O) groups excluding carboxylic acids is 1. The van der Waals surface area contributed by atoms with Crippen molar-refractivity contribution < 1.29 is 4.79 Å². The van der Waals surface area contributed by atoms with E-state index in [4.69, 9.17) is 10.1 Å². The van der Waals surface area contributed by atoms with Gasteiger partial charge in [0.2, 0.25) is 5.96 Å². The first-order valence-corrected chi connectivity index (χ1v) is 13.2. The molecule has 7 rings (SSSR count). The predicted octanol–water partition coefficient (Wildman–Crippen LogP) is 5.23. The van der Waals surface area contributed by atoms with Crippen LogP contribution in [-0.4, -0.2) is 50.7 Å². The second-order valence-corrected chi connectivity index (χ2v) is 10.3.